The molecule has 0 unspecified atom stereocenters. The molecule has 2 rings (SSSR count). The molecular formula is C12H11F3NO2-. The van der Waals surface area contributed by atoms with Crippen LogP contribution in [0.25, 0.3) is 0 Å². The third-order valence-corrected chi connectivity index (χ3v) is 2.94. The lowest BCUT2D eigenvalue weighted by Gasteiger charge is -2.29. The number of fused-ring (bicyclic) bond motifs is 1. The summed E-state index contributed by atoms with van der Waals surface area (Å²) in [4.78, 5) is 12.0. The number of carboxylic acids is 1. The van der Waals surface area contributed by atoms with Crippen molar-refractivity contribution in [3.05, 3.63) is 34.9 Å². The first-order valence-corrected chi connectivity index (χ1v) is 5.47. The second-order valence-electron chi connectivity index (χ2n) is 4.35. The van der Waals surface area contributed by atoms with Crippen molar-refractivity contribution in [2.45, 2.75) is 19.1 Å². The molecule has 98 valence electrons. The molecule has 0 N–H and O–H groups in total. The van der Waals surface area contributed by atoms with Gasteiger partial charge in [0.25, 0.3) is 0 Å². The Balaban J connectivity index is 2.13. The molecule has 1 aromatic rings. The largest absolute Gasteiger partial charge is 0.545 e. The molecule has 0 saturated carbocycles. The molecular weight excluding hydrogens is 247 g/mol. The van der Waals surface area contributed by atoms with E-state index in [0.717, 1.165) is 11.1 Å². The maximum absolute atomic E-state index is 12.3. The molecule has 3 nitrogen and oxygen atoms in total. The van der Waals surface area contributed by atoms with Gasteiger partial charge in [0.15, 0.2) is 0 Å². The topological polar surface area (TPSA) is 43.4 Å². The smallest absolute Gasteiger partial charge is 0.401 e. The van der Waals surface area contributed by atoms with Crippen molar-refractivity contribution in [2.75, 3.05) is 13.1 Å². The standard InChI is InChI=1S/C12H12F3NO2/c13-12(14,15)7-16-4-3-8-5-9(11(17)18)1-2-10(8)6-16/h1-2,5H,3-4,6-7H2,(H,17,18)/p-1. The van der Waals surface area contributed by atoms with Crippen molar-refractivity contribution in [3.8, 4) is 0 Å². The van der Waals surface area contributed by atoms with Crippen LogP contribution in [-0.4, -0.2) is 30.1 Å². The van der Waals surface area contributed by atoms with Crippen molar-refractivity contribution >= 4 is 5.97 Å². The van der Waals surface area contributed by atoms with Crippen LogP contribution in [0.2, 0.25) is 0 Å². The van der Waals surface area contributed by atoms with Gasteiger partial charge in [0.05, 0.1) is 12.5 Å². The van der Waals surface area contributed by atoms with Crippen molar-refractivity contribution in [1.29, 1.82) is 0 Å². The number of rotatable bonds is 2. The number of carboxylic acid groups (broad SMARTS) is 1. The fraction of sp³-hybridized carbons (Fsp3) is 0.417. The quantitative estimate of drug-likeness (QED) is 0.794. The Morgan fingerprint density at radius 2 is 2.06 bits per heavy atom. The van der Waals surface area contributed by atoms with E-state index in [4.69, 9.17) is 0 Å². The fourth-order valence-electron chi connectivity index (χ4n) is 2.13. The van der Waals surface area contributed by atoms with Gasteiger partial charge in [0.2, 0.25) is 0 Å². The highest BCUT2D eigenvalue weighted by Crippen LogP contribution is 2.24. The normalized spacial score (nSPS) is 16.4. The van der Waals surface area contributed by atoms with Gasteiger partial charge in [-0.05, 0) is 29.2 Å². The maximum atomic E-state index is 12.3. The number of hydrogen-bond donors (Lipinski definition) is 0. The SMILES string of the molecule is O=C([O-])c1ccc2c(c1)CCN(CC(F)(F)F)C2. The van der Waals surface area contributed by atoms with Gasteiger partial charge >= 0.3 is 6.18 Å². The summed E-state index contributed by atoms with van der Waals surface area (Å²) in [6.07, 6.45) is -3.78. The van der Waals surface area contributed by atoms with Crippen LogP contribution in [0.1, 0.15) is 21.5 Å². The first-order chi connectivity index (χ1) is 8.35. The number of benzene rings is 1. The minimum Gasteiger partial charge on any atom is -0.545 e. The molecule has 1 aromatic carbocycles. The molecule has 0 saturated heterocycles. The van der Waals surface area contributed by atoms with Crippen LogP contribution in [0.3, 0.4) is 0 Å². The van der Waals surface area contributed by atoms with Crippen molar-refractivity contribution in [1.82, 2.24) is 4.90 Å². The predicted octanol–water partition coefficient (Wildman–Crippen LogP) is 0.971. The molecule has 1 heterocycles. The number of carbonyl (C=O) groups is 1. The van der Waals surface area contributed by atoms with E-state index in [1.165, 1.54) is 17.0 Å². The Morgan fingerprint density at radius 1 is 1.33 bits per heavy atom. The zero-order valence-corrected chi connectivity index (χ0v) is 9.46. The number of hydrogen-bond acceptors (Lipinski definition) is 3. The summed E-state index contributed by atoms with van der Waals surface area (Å²) >= 11 is 0. The Kier molecular flexibility index (Phi) is 3.30. The first-order valence-electron chi connectivity index (χ1n) is 5.47. The van der Waals surface area contributed by atoms with Gasteiger partial charge in [-0.2, -0.15) is 13.2 Å². The van der Waals surface area contributed by atoms with Gasteiger partial charge in [-0.25, -0.2) is 0 Å². The number of carbonyl (C=O) groups excluding carboxylic acids is 1. The van der Waals surface area contributed by atoms with Gasteiger partial charge in [-0.1, -0.05) is 12.1 Å². The highest BCUT2D eigenvalue weighted by molar-refractivity contribution is 5.86. The molecule has 6 heteroatoms. The monoisotopic (exact) mass is 258 g/mol. The summed E-state index contributed by atoms with van der Waals surface area (Å²) in [7, 11) is 0. The second-order valence-corrected chi connectivity index (χ2v) is 4.35. The molecule has 0 radical (unpaired) electrons. The molecule has 1 aliphatic rings. The van der Waals surface area contributed by atoms with E-state index in [9.17, 15) is 23.1 Å². The molecule has 0 atom stereocenters. The average Bonchev–Trinajstić information content (AvgIpc) is 2.26. The minimum absolute atomic E-state index is 0.0676. The van der Waals surface area contributed by atoms with E-state index in [1.807, 2.05) is 0 Å². The molecule has 18 heavy (non-hydrogen) atoms. The molecule has 1 aliphatic heterocycles. The summed E-state index contributed by atoms with van der Waals surface area (Å²) in [5.74, 6) is -1.27. The molecule has 0 fully saturated rings. The second kappa shape index (κ2) is 4.61. The lowest BCUT2D eigenvalue weighted by molar-refractivity contribution is -0.255. The molecule has 0 spiro atoms. The lowest BCUT2D eigenvalue weighted by Crippen LogP contribution is -2.38. The Bertz CT molecular complexity index is 471. The van der Waals surface area contributed by atoms with Gasteiger partial charge < -0.3 is 9.90 Å². The Hall–Kier alpha value is -1.56. The summed E-state index contributed by atoms with van der Waals surface area (Å²) < 4.78 is 36.8. The van der Waals surface area contributed by atoms with E-state index < -0.39 is 18.7 Å². The van der Waals surface area contributed by atoms with E-state index in [-0.39, 0.29) is 18.7 Å². The molecule has 0 bridgehead atoms. The third kappa shape index (κ3) is 3.01. The molecule has 0 amide bonds. The zero-order chi connectivity index (χ0) is 13.3. The van der Waals surface area contributed by atoms with E-state index in [1.54, 1.807) is 6.07 Å². The number of aromatic carboxylic acids is 1. The zero-order valence-electron chi connectivity index (χ0n) is 9.46. The van der Waals surface area contributed by atoms with Gasteiger partial charge in [-0.15, -0.1) is 0 Å². The van der Waals surface area contributed by atoms with Crippen molar-refractivity contribution in [2.24, 2.45) is 0 Å². The van der Waals surface area contributed by atoms with E-state index in [2.05, 4.69) is 0 Å². The minimum atomic E-state index is -4.21. The van der Waals surface area contributed by atoms with Crippen LogP contribution in [0, 0.1) is 0 Å². The maximum Gasteiger partial charge on any atom is 0.401 e. The summed E-state index contributed by atoms with van der Waals surface area (Å²) in [6, 6.07) is 4.41. The summed E-state index contributed by atoms with van der Waals surface area (Å²) in [5.41, 5.74) is 1.60. The number of alkyl halides is 3. The van der Waals surface area contributed by atoms with Crippen LogP contribution in [-0.2, 0) is 13.0 Å². The predicted molar refractivity (Wildman–Crippen MR) is 55.8 cm³/mol. The van der Waals surface area contributed by atoms with Gasteiger partial charge in [0, 0.05) is 13.1 Å². The van der Waals surface area contributed by atoms with Crippen molar-refractivity contribution < 1.29 is 23.1 Å². The van der Waals surface area contributed by atoms with Crippen molar-refractivity contribution in [3.63, 3.8) is 0 Å². The van der Waals surface area contributed by atoms with Crippen LogP contribution < -0.4 is 5.11 Å². The van der Waals surface area contributed by atoms with Crippen LogP contribution in [0.15, 0.2) is 18.2 Å². The first kappa shape index (κ1) is 12.9. The molecule has 0 aromatic heterocycles. The van der Waals surface area contributed by atoms with Crippen LogP contribution in [0.4, 0.5) is 13.2 Å². The van der Waals surface area contributed by atoms with Crippen LogP contribution >= 0.6 is 0 Å². The van der Waals surface area contributed by atoms with Crippen LogP contribution in [0.5, 0.6) is 0 Å². The third-order valence-electron chi connectivity index (χ3n) is 2.94. The Morgan fingerprint density at radius 3 is 2.67 bits per heavy atom. The Labute approximate surface area is 102 Å². The lowest BCUT2D eigenvalue weighted by atomic mass is 9.97. The average molecular weight is 258 g/mol. The molecule has 0 aliphatic carbocycles. The van der Waals surface area contributed by atoms with Gasteiger partial charge in [-0.3, -0.25) is 4.90 Å². The van der Waals surface area contributed by atoms with E-state index in [0.29, 0.717) is 6.42 Å². The summed E-state index contributed by atoms with van der Waals surface area (Å²) in [6.45, 7) is -0.458. The highest BCUT2D eigenvalue weighted by Gasteiger charge is 2.32. The van der Waals surface area contributed by atoms with E-state index >= 15 is 0 Å². The number of nitrogens with zero attached hydrogens (tertiary/aromatic N) is 1. The fourth-order valence-corrected chi connectivity index (χ4v) is 2.13. The van der Waals surface area contributed by atoms with Gasteiger partial charge in [0.1, 0.15) is 0 Å². The summed E-state index contributed by atoms with van der Waals surface area (Å²) in [5, 5.41) is 10.7. The number of halogens is 3. The highest BCUT2D eigenvalue weighted by atomic mass is 19.4.